The van der Waals surface area contributed by atoms with Crippen LogP contribution >= 0.6 is 0 Å². The summed E-state index contributed by atoms with van der Waals surface area (Å²) < 4.78 is 16.4. The number of rotatable bonds is 5. The number of hydrogen-bond donors (Lipinski definition) is 1. The zero-order chi connectivity index (χ0) is 18.7. The molecule has 0 unspecified atom stereocenters. The first kappa shape index (κ1) is 18.4. The van der Waals surface area contributed by atoms with E-state index in [2.05, 4.69) is 36.1 Å². The third-order valence-corrected chi connectivity index (χ3v) is 5.27. The van der Waals surface area contributed by atoms with Crippen LogP contribution in [0.2, 0.25) is 0 Å². The van der Waals surface area contributed by atoms with Gasteiger partial charge in [0.25, 0.3) is 0 Å². The average molecular weight is 356 g/mol. The minimum Gasteiger partial charge on any atom is -0.493 e. The zero-order valence-electron chi connectivity index (χ0n) is 16.0. The number of ether oxygens (including phenoxy) is 3. The van der Waals surface area contributed by atoms with Gasteiger partial charge in [-0.2, -0.15) is 0 Å². The van der Waals surface area contributed by atoms with Gasteiger partial charge < -0.3 is 24.8 Å². The van der Waals surface area contributed by atoms with Crippen molar-refractivity contribution in [3.8, 4) is 17.2 Å². The van der Waals surface area contributed by atoms with E-state index >= 15 is 0 Å². The molecular weight excluding hydrogens is 328 g/mol. The van der Waals surface area contributed by atoms with Gasteiger partial charge in [-0.05, 0) is 24.5 Å². The van der Waals surface area contributed by atoms with Crippen LogP contribution in [0.25, 0.3) is 0 Å². The van der Waals surface area contributed by atoms with E-state index in [4.69, 9.17) is 19.9 Å². The number of benzene rings is 2. The Kier molecular flexibility index (Phi) is 5.57. The van der Waals surface area contributed by atoms with Gasteiger partial charge in [0, 0.05) is 42.9 Å². The van der Waals surface area contributed by atoms with E-state index < -0.39 is 0 Å². The second-order valence-corrected chi connectivity index (χ2v) is 6.75. The van der Waals surface area contributed by atoms with Crippen molar-refractivity contribution >= 4 is 5.69 Å². The Labute approximate surface area is 155 Å². The second kappa shape index (κ2) is 7.87. The van der Waals surface area contributed by atoms with Crippen molar-refractivity contribution < 1.29 is 14.2 Å². The zero-order valence-corrected chi connectivity index (χ0v) is 16.0. The van der Waals surface area contributed by atoms with E-state index in [9.17, 15) is 0 Å². The molecule has 1 aliphatic heterocycles. The number of hydrogen-bond acceptors (Lipinski definition) is 5. The predicted molar refractivity (Wildman–Crippen MR) is 105 cm³/mol. The Hall–Kier alpha value is -2.40. The molecule has 5 heteroatoms. The molecule has 2 aromatic carbocycles. The Morgan fingerprint density at radius 2 is 1.65 bits per heavy atom. The first-order chi connectivity index (χ1) is 12.6. The lowest BCUT2D eigenvalue weighted by Crippen LogP contribution is -2.46. The molecule has 5 nitrogen and oxygen atoms in total. The van der Waals surface area contributed by atoms with E-state index in [1.807, 2.05) is 12.1 Å². The first-order valence-electron chi connectivity index (χ1n) is 8.95. The van der Waals surface area contributed by atoms with Gasteiger partial charge in [0.1, 0.15) is 0 Å². The molecule has 1 aliphatic rings. The quantitative estimate of drug-likeness (QED) is 0.890. The molecule has 1 heterocycles. The molecule has 0 aromatic heterocycles. The molecule has 0 amide bonds. The fraction of sp³-hybridized carbons (Fsp3) is 0.429. The molecule has 0 spiro atoms. The van der Waals surface area contributed by atoms with Crippen LogP contribution in [0.15, 0.2) is 36.4 Å². The van der Waals surface area contributed by atoms with Crippen molar-refractivity contribution in [2.75, 3.05) is 39.3 Å². The lowest BCUT2D eigenvalue weighted by atomic mass is 9.84. The number of methoxy groups -OCH3 is 3. The van der Waals surface area contributed by atoms with Gasteiger partial charge in [-0.15, -0.1) is 0 Å². The SMILES string of the molecule is COc1cc(N2CC[C@H](N)[C@H](c3ccccc3C)C2)cc(OC)c1OC. The maximum atomic E-state index is 6.48. The highest BCUT2D eigenvalue weighted by Crippen LogP contribution is 2.42. The lowest BCUT2D eigenvalue weighted by Gasteiger charge is -2.39. The van der Waals surface area contributed by atoms with Crippen LogP contribution in [-0.4, -0.2) is 40.5 Å². The van der Waals surface area contributed by atoms with Gasteiger partial charge >= 0.3 is 0 Å². The van der Waals surface area contributed by atoms with Crippen LogP contribution < -0.4 is 24.8 Å². The predicted octanol–water partition coefficient (Wildman–Crippen LogP) is 3.34. The standard InChI is InChI=1S/C21H28N2O3/c1-14-7-5-6-8-16(14)17-13-23(10-9-18(17)22)15-11-19(24-2)21(26-4)20(12-15)25-3/h5-8,11-12,17-18H,9-10,13,22H2,1-4H3/t17-,18-/m0/s1. The highest BCUT2D eigenvalue weighted by atomic mass is 16.5. The van der Waals surface area contributed by atoms with Gasteiger partial charge in [-0.3, -0.25) is 0 Å². The molecular formula is C21H28N2O3. The molecule has 2 atom stereocenters. The highest BCUT2D eigenvalue weighted by molar-refractivity contribution is 5.64. The molecule has 3 rings (SSSR count). The summed E-state index contributed by atoms with van der Waals surface area (Å²) in [6.07, 6.45) is 0.940. The van der Waals surface area contributed by atoms with Crippen LogP contribution in [0.3, 0.4) is 0 Å². The summed E-state index contributed by atoms with van der Waals surface area (Å²) in [4.78, 5) is 2.35. The molecule has 2 N–H and O–H groups in total. The second-order valence-electron chi connectivity index (χ2n) is 6.75. The molecule has 0 bridgehead atoms. The number of nitrogens with zero attached hydrogens (tertiary/aromatic N) is 1. The van der Waals surface area contributed by atoms with Crippen LogP contribution in [-0.2, 0) is 0 Å². The molecule has 2 aromatic rings. The van der Waals surface area contributed by atoms with Crippen LogP contribution in [0.1, 0.15) is 23.5 Å². The summed E-state index contributed by atoms with van der Waals surface area (Å²) in [5.74, 6) is 2.25. The smallest absolute Gasteiger partial charge is 0.203 e. The van der Waals surface area contributed by atoms with Gasteiger partial charge in [0.05, 0.1) is 21.3 Å². The van der Waals surface area contributed by atoms with Crippen molar-refractivity contribution in [3.05, 3.63) is 47.5 Å². The van der Waals surface area contributed by atoms with E-state index in [0.717, 1.165) is 25.2 Å². The number of anilines is 1. The van der Waals surface area contributed by atoms with E-state index in [-0.39, 0.29) is 6.04 Å². The summed E-state index contributed by atoms with van der Waals surface area (Å²) >= 11 is 0. The van der Waals surface area contributed by atoms with Crippen LogP contribution in [0.5, 0.6) is 17.2 Å². The average Bonchev–Trinajstić information content (AvgIpc) is 2.67. The van der Waals surface area contributed by atoms with Crippen LogP contribution in [0, 0.1) is 6.92 Å². The molecule has 1 fully saturated rings. The Morgan fingerprint density at radius 1 is 1.00 bits per heavy atom. The topological polar surface area (TPSA) is 57.0 Å². The summed E-state index contributed by atoms with van der Waals surface area (Å²) in [5.41, 5.74) is 10.2. The summed E-state index contributed by atoms with van der Waals surface area (Å²) in [6, 6.07) is 12.7. The van der Waals surface area contributed by atoms with E-state index in [0.29, 0.717) is 23.2 Å². The summed E-state index contributed by atoms with van der Waals surface area (Å²) in [7, 11) is 4.90. The summed E-state index contributed by atoms with van der Waals surface area (Å²) in [5, 5.41) is 0. The van der Waals surface area contributed by atoms with E-state index in [1.165, 1.54) is 11.1 Å². The monoisotopic (exact) mass is 356 g/mol. The minimum atomic E-state index is 0.161. The molecule has 140 valence electrons. The molecule has 0 saturated carbocycles. The lowest BCUT2D eigenvalue weighted by molar-refractivity contribution is 0.324. The van der Waals surface area contributed by atoms with Crippen molar-refractivity contribution in [2.24, 2.45) is 5.73 Å². The molecule has 0 aliphatic carbocycles. The van der Waals surface area contributed by atoms with Crippen molar-refractivity contribution in [3.63, 3.8) is 0 Å². The van der Waals surface area contributed by atoms with E-state index in [1.54, 1.807) is 21.3 Å². The molecule has 0 radical (unpaired) electrons. The fourth-order valence-electron chi connectivity index (χ4n) is 3.79. The Morgan fingerprint density at radius 3 is 2.23 bits per heavy atom. The van der Waals surface area contributed by atoms with Gasteiger partial charge in [-0.1, -0.05) is 24.3 Å². The highest BCUT2D eigenvalue weighted by Gasteiger charge is 2.30. The van der Waals surface area contributed by atoms with Crippen molar-refractivity contribution in [2.45, 2.75) is 25.3 Å². The van der Waals surface area contributed by atoms with Gasteiger partial charge in [0.2, 0.25) is 5.75 Å². The Bertz CT molecular complexity index is 738. The summed E-state index contributed by atoms with van der Waals surface area (Å²) in [6.45, 7) is 3.92. The van der Waals surface area contributed by atoms with Crippen molar-refractivity contribution in [1.29, 1.82) is 0 Å². The Balaban J connectivity index is 1.94. The maximum Gasteiger partial charge on any atom is 0.203 e. The number of nitrogens with two attached hydrogens (primary N) is 1. The fourth-order valence-corrected chi connectivity index (χ4v) is 3.79. The third-order valence-electron chi connectivity index (χ3n) is 5.27. The third kappa shape index (κ3) is 3.44. The van der Waals surface area contributed by atoms with Crippen LogP contribution in [0.4, 0.5) is 5.69 Å². The normalized spacial score (nSPS) is 20.0. The minimum absolute atomic E-state index is 0.161. The first-order valence-corrected chi connectivity index (χ1v) is 8.95. The van der Waals surface area contributed by atoms with Gasteiger partial charge in [-0.25, -0.2) is 0 Å². The molecule has 26 heavy (non-hydrogen) atoms. The van der Waals surface area contributed by atoms with Crippen molar-refractivity contribution in [1.82, 2.24) is 0 Å². The number of aryl methyl sites for hydroxylation is 1. The number of piperidine rings is 1. The molecule has 1 saturated heterocycles. The van der Waals surface area contributed by atoms with Gasteiger partial charge in [0.15, 0.2) is 11.5 Å². The largest absolute Gasteiger partial charge is 0.493 e. The maximum absolute atomic E-state index is 6.48.